The SMILES string of the molecule is COc1ccc(C(=O)N/C(=C\c2ccco2)C(=O)NC23CC4CC(CC(C4)C2)C3)cc1. The topological polar surface area (TPSA) is 80.6 Å². The molecule has 6 rings (SSSR count). The summed E-state index contributed by atoms with van der Waals surface area (Å²) in [5.41, 5.74) is 0.513. The smallest absolute Gasteiger partial charge is 0.268 e. The highest BCUT2D eigenvalue weighted by atomic mass is 16.5. The van der Waals surface area contributed by atoms with Gasteiger partial charge in [0.25, 0.3) is 11.8 Å². The molecule has 4 fully saturated rings. The number of hydrogen-bond acceptors (Lipinski definition) is 4. The van der Waals surface area contributed by atoms with Crippen LogP contribution in [-0.4, -0.2) is 24.5 Å². The minimum absolute atomic E-state index is 0.140. The molecule has 0 saturated heterocycles. The largest absolute Gasteiger partial charge is 0.497 e. The summed E-state index contributed by atoms with van der Waals surface area (Å²) in [4.78, 5) is 26.2. The molecule has 4 saturated carbocycles. The summed E-state index contributed by atoms with van der Waals surface area (Å²) in [6.07, 6.45) is 10.2. The number of hydrogen-bond donors (Lipinski definition) is 2. The highest BCUT2D eigenvalue weighted by Gasteiger charge is 2.51. The highest BCUT2D eigenvalue weighted by Crippen LogP contribution is 2.55. The first-order valence-corrected chi connectivity index (χ1v) is 11.0. The van der Waals surface area contributed by atoms with Crippen LogP contribution in [0, 0.1) is 17.8 Å². The average molecular weight is 421 g/mol. The third-order valence-corrected chi connectivity index (χ3v) is 7.09. The molecule has 4 aliphatic rings. The molecule has 2 N–H and O–H groups in total. The molecule has 4 aliphatic carbocycles. The van der Waals surface area contributed by atoms with Gasteiger partial charge in [-0.25, -0.2) is 0 Å². The van der Waals surface area contributed by atoms with Gasteiger partial charge in [-0.3, -0.25) is 9.59 Å². The van der Waals surface area contributed by atoms with Gasteiger partial charge in [0.15, 0.2) is 0 Å². The third kappa shape index (κ3) is 4.11. The van der Waals surface area contributed by atoms with Crippen molar-refractivity contribution in [1.29, 1.82) is 0 Å². The van der Waals surface area contributed by atoms with Crippen LogP contribution in [0.4, 0.5) is 0 Å². The van der Waals surface area contributed by atoms with Gasteiger partial charge in [-0.1, -0.05) is 0 Å². The normalized spacial score (nSPS) is 28.9. The van der Waals surface area contributed by atoms with Crippen LogP contribution in [0.1, 0.15) is 54.6 Å². The van der Waals surface area contributed by atoms with Gasteiger partial charge in [0.2, 0.25) is 0 Å². The molecule has 0 aliphatic heterocycles. The molecule has 1 heterocycles. The lowest BCUT2D eigenvalue weighted by molar-refractivity contribution is -0.123. The molecule has 1 aromatic heterocycles. The molecule has 0 atom stereocenters. The standard InChI is InChI=1S/C25H28N2O4/c1-30-20-6-4-19(5-7-20)23(28)26-22(12-21-3-2-8-31-21)24(29)27-25-13-16-9-17(14-25)11-18(10-16)15-25/h2-8,12,16-18H,9-11,13-15H2,1H3,(H,26,28)(H,27,29)/b22-12-. The highest BCUT2D eigenvalue weighted by molar-refractivity contribution is 6.05. The number of methoxy groups -OCH3 is 1. The molecule has 2 aromatic rings. The first kappa shape index (κ1) is 19.9. The van der Waals surface area contributed by atoms with Gasteiger partial charge in [0.1, 0.15) is 17.2 Å². The maximum atomic E-state index is 13.4. The van der Waals surface area contributed by atoms with E-state index in [9.17, 15) is 9.59 Å². The fourth-order valence-corrected chi connectivity index (χ4v) is 6.18. The zero-order valence-electron chi connectivity index (χ0n) is 17.7. The van der Waals surface area contributed by atoms with Crippen LogP contribution in [0.25, 0.3) is 6.08 Å². The third-order valence-electron chi connectivity index (χ3n) is 7.09. The van der Waals surface area contributed by atoms with Gasteiger partial charge in [-0.15, -0.1) is 0 Å². The second-order valence-corrected chi connectivity index (χ2v) is 9.41. The number of carbonyl (C=O) groups excluding carboxylic acids is 2. The van der Waals surface area contributed by atoms with Gasteiger partial charge in [-0.05, 0) is 92.7 Å². The lowest BCUT2D eigenvalue weighted by Gasteiger charge is -2.56. The summed E-state index contributed by atoms with van der Waals surface area (Å²) < 4.78 is 10.6. The summed E-state index contributed by atoms with van der Waals surface area (Å²) in [6.45, 7) is 0. The van der Waals surface area contributed by atoms with E-state index in [0.717, 1.165) is 37.0 Å². The van der Waals surface area contributed by atoms with E-state index in [2.05, 4.69) is 10.6 Å². The van der Waals surface area contributed by atoms with E-state index in [1.54, 1.807) is 55.8 Å². The van der Waals surface area contributed by atoms with Crippen LogP contribution in [-0.2, 0) is 4.79 Å². The second-order valence-electron chi connectivity index (χ2n) is 9.41. The summed E-state index contributed by atoms with van der Waals surface area (Å²) in [5.74, 6) is 2.75. The van der Waals surface area contributed by atoms with E-state index in [1.807, 2.05) is 0 Å². The van der Waals surface area contributed by atoms with Crippen LogP contribution < -0.4 is 15.4 Å². The summed E-state index contributed by atoms with van der Waals surface area (Å²) in [6, 6.07) is 10.3. The van der Waals surface area contributed by atoms with Gasteiger partial charge in [0, 0.05) is 17.2 Å². The van der Waals surface area contributed by atoms with E-state index in [0.29, 0.717) is 17.1 Å². The van der Waals surface area contributed by atoms with Crippen molar-refractivity contribution in [2.75, 3.05) is 7.11 Å². The number of benzene rings is 1. The molecular weight excluding hydrogens is 392 g/mol. The molecule has 6 nitrogen and oxygen atoms in total. The summed E-state index contributed by atoms with van der Waals surface area (Å²) in [5, 5.41) is 6.13. The molecule has 0 spiro atoms. The van der Waals surface area contributed by atoms with Crippen molar-refractivity contribution in [1.82, 2.24) is 10.6 Å². The van der Waals surface area contributed by atoms with Gasteiger partial charge in [0.05, 0.1) is 13.4 Å². The van der Waals surface area contributed by atoms with E-state index in [4.69, 9.17) is 9.15 Å². The Balaban J connectivity index is 1.36. The molecule has 0 unspecified atom stereocenters. The Labute approximate surface area is 182 Å². The van der Waals surface area contributed by atoms with Gasteiger partial charge < -0.3 is 19.8 Å². The van der Waals surface area contributed by atoms with Crippen molar-refractivity contribution in [3.05, 3.63) is 59.7 Å². The molecular formula is C25H28N2O4. The van der Waals surface area contributed by atoms with E-state index >= 15 is 0 Å². The Morgan fingerprint density at radius 2 is 1.68 bits per heavy atom. The minimum Gasteiger partial charge on any atom is -0.497 e. The average Bonchev–Trinajstić information content (AvgIpc) is 3.25. The molecule has 31 heavy (non-hydrogen) atoms. The zero-order chi connectivity index (χ0) is 21.4. The first-order chi connectivity index (χ1) is 15.0. The number of nitrogens with one attached hydrogen (secondary N) is 2. The van der Waals surface area contributed by atoms with Crippen LogP contribution in [0.2, 0.25) is 0 Å². The molecule has 6 heteroatoms. The summed E-state index contributed by atoms with van der Waals surface area (Å²) >= 11 is 0. The Morgan fingerprint density at radius 1 is 1.03 bits per heavy atom. The molecule has 2 amide bonds. The predicted octanol–water partition coefficient (Wildman–Crippen LogP) is 4.14. The Morgan fingerprint density at radius 3 is 2.23 bits per heavy atom. The Bertz CT molecular complexity index is 956. The summed E-state index contributed by atoms with van der Waals surface area (Å²) in [7, 11) is 1.58. The quantitative estimate of drug-likeness (QED) is 0.688. The van der Waals surface area contributed by atoms with Crippen LogP contribution in [0.3, 0.4) is 0 Å². The number of ether oxygens (including phenoxy) is 1. The Kier molecular flexibility index (Phi) is 5.08. The monoisotopic (exact) mass is 420 g/mol. The fraction of sp³-hybridized carbons (Fsp3) is 0.440. The van der Waals surface area contributed by atoms with Crippen molar-refractivity contribution < 1.29 is 18.7 Å². The molecule has 1 aromatic carbocycles. The number of furan rings is 1. The maximum absolute atomic E-state index is 13.4. The molecule has 0 radical (unpaired) electrons. The van der Waals surface area contributed by atoms with E-state index < -0.39 is 0 Å². The number of amides is 2. The van der Waals surface area contributed by atoms with Crippen molar-refractivity contribution in [3.8, 4) is 5.75 Å². The first-order valence-electron chi connectivity index (χ1n) is 11.0. The van der Waals surface area contributed by atoms with Gasteiger partial charge >= 0.3 is 0 Å². The van der Waals surface area contributed by atoms with E-state index in [-0.39, 0.29) is 23.1 Å². The predicted molar refractivity (Wildman–Crippen MR) is 116 cm³/mol. The van der Waals surface area contributed by atoms with E-state index in [1.165, 1.54) is 19.3 Å². The van der Waals surface area contributed by atoms with Crippen molar-refractivity contribution in [2.45, 2.75) is 44.1 Å². The van der Waals surface area contributed by atoms with Crippen molar-refractivity contribution in [2.24, 2.45) is 17.8 Å². The second kappa shape index (κ2) is 7.91. The Hall–Kier alpha value is -3.02. The van der Waals surface area contributed by atoms with Crippen LogP contribution in [0.15, 0.2) is 52.8 Å². The van der Waals surface area contributed by atoms with Crippen molar-refractivity contribution in [3.63, 3.8) is 0 Å². The van der Waals surface area contributed by atoms with Gasteiger partial charge in [-0.2, -0.15) is 0 Å². The molecule has 4 bridgehead atoms. The lowest BCUT2D eigenvalue weighted by Crippen LogP contribution is -2.60. The van der Waals surface area contributed by atoms with Crippen LogP contribution in [0.5, 0.6) is 5.75 Å². The zero-order valence-corrected chi connectivity index (χ0v) is 17.7. The number of carbonyl (C=O) groups is 2. The molecule has 162 valence electrons. The van der Waals surface area contributed by atoms with Crippen molar-refractivity contribution >= 4 is 17.9 Å². The lowest BCUT2D eigenvalue weighted by atomic mass is 9.53. The minimum atomic E-state index is -0.346. The number of rotatable bonds is 6. The van der Waals surface area contributed by atoms with Crippen LogP contribution >= 0.6 is 0 Å². The fourth-order valence-electron chi connectivity index (χ4n) is 6.18. The maximum Gasteiger partial charge on any atom is 0.268 e.